The van der Waals surface area contributed by atoms with E-state index in [1.165, 1.54) is 11.1 Å². The third-order valence-electron chi connectivity index (χ3n) is 2.92. The molecule has 0 atom stereocenters. The zero-order valence-corrected chi connectivity index (χ0v) is 12.3. The number of hydrogen-bond donors (Lipinski definition) is 2. The largest absolute Gasteiger partial charge is 0.488 e. The van der Waals surface area contributed by atoms with E-state index >= 15 is 0 Å². The predicted molar refractivity (Wildman–Crippen MR) is 82.7 cm³/mol. The van der Waals surface area contributed by atoms with E-state index in [0.717, 1.165) is 5.56 Å². The minimum absolute atomic E-state index is 0.0916. The lowest BCUT2D eigenvalue weighted by Crippen LogP contribution is -2.14. The lowest BCUT2D eigenvalue weighted by atomic mass is 10.1. The van der Waals surface area contributed by atoms with E-state index in [-0.39, 0.29) is 5.84 Å². The van der Waals surface area contributed by atoms with Crippen molar-refractivity contribution in [2.45, 2.75) is 20.5 Å². The quantitative estimate of drug-likeness (QED) is 0.664. The van der Waals surface area contributed by atoms with Gasteiger partial charge < -0.3 is 10.5 Å². The molecule has 2 aromatic rings. The van der Waals surface area contributed by atoms with Gasteiger partial charge in [0.1, 0.15) is 18.2 Å². The Hall–Kier alpha value is -2.00. The Labute approximate surface area is 123 Å². The van der Waals surface area contributed by atoms with Crippen LogP contribution < -0.4 is 10.5 Å². The smallest absolute Gasteiger partial charge is 0.132 e. The standard InChI is InChI=1S/C16H17ClN2O/c1-10-6-11(2)8-12(7-10)9-20-14-5-3-4-13(17)15(14)16(18)19/h3-8H,9H2,1-2H3,(H3,18,19). The maximum absolute atomic E-state index is 7.58. The van der Waals surface area contributed by atoms with Gasteiger partial charge in [-0.1, -0.05) is 47.0 Å². The molecule has 2 aromatic carbocycles. The van der Waals surface area contributed by atoms with Crippen molar-refractivity contribution in [3.63, 3.8) is 0 Å². The van der Waals surface area contributed by atoms with Crippen molar-refractivity contribution in [2.24, 2.45) is 5.73 Å². The molecule has 4 heteroatoms. The average molecular weight is 289 g/mol. The fourth-order valence-electron chi connectivity index (χ4n) is 2.20. The summed E-state index contributed by atoms with van der Waals surface area (Å²) in [6.07, 6.45) is 0. The molecule has 0 heterocycles. The number of aryl methyl sites for hydroxylation is 2. The second-order valence-corrected chi connectivity index (χ2v) is 5.22. The Morgan fingerprint density at radius 2 is 1.85 bits per heavy atom. The van der Waals surface area contributed by atoms with Crippen molar-refractivity contribution in [1.82, 2.24) is 0 Å². The Kier molecular flexibility index (Phi) is 4.30. The van der Waals surface area contributed by atoms with Crippen molar-refractivity contribution < 1.29 is 4.74 Å². The third kappa shape index (κ3) is 3.31. The van der Waals surface area contributed by atoms with Gasteiger partial charge in [-0.3, -0.25) is 5.41 Å². The number of amidine groups is 1. The zero-order valence-electron chi connectivity index (χ0n) is 11.5. The summed E-state index contributed by atoms with van der Waals surface area (Å²) in [7, 11) is 0. The summed E-state index contributed by atoms with van der Waals surface area (Å²) in [4.78, 5) is 0. The molecule has 0 unspecified atom stereocenters. The van der Waals surface area contributed by atoms with E-state index in [1.807, 2.05) is 0 Å². The number of hydrogen-bond acceptors (Lipinski definition) is 2. The van der Waals surface area contributed by atoms with E-state index < -0.39 is 0 Å². The monoisotopic (exact) mass is 288 g/mol. The maximum Gasteiger partial charge on any atom is 0.132 e. The molecular weight excluding hydrogens is 272 g/mol. The lowest BCUT2D eigenvalue weighted by Gasteiger charge is -2.12. The fourth-order valence-corrected chi connectivity index (χ4v) is 2.47. The van der Waals surface area contributed by atoms with Crippen LogP contribution in [0.4, 0.5) is 0 Å². The topological polar surface area (TPSA) is 59.1 Å². The van der Waals surface area contributed by atoms with Crippen molar-refractivity contribution >= 4 is 17.4 Å². The zero-order chi connectivity index (χ0) is 14.7. The summed E-state index contributed by atoms with van der Waals surface area (Å²) in [5.74, 6) is 0.440. The molecule has 0 saturated heterocycles. The molecule has 0 fully saturated rings. The van der Waals surface area contributed by atoms with Crippen LogP contribution in [0.3, 0.4) is 0 Å². The van der Waals surface area contributed by atoms with E-state index in [1.54, 1.807) is 18.2 Å². The molecule has 0 saturated carbocycles. The molecule has 0 radical (unpaired) electrons. The first-order valence-corrected chi connectivity index (χ1v) is 6.68. The van der Waals surface area contributed by atoms with Gasteiger partial charge >= 0.3 is 0 Å². The summed E-state index contributed by atoms with van der Waals surface area (Å²) in [6.45, 7) is 4.52. The van der Waals surface area contributed by atoms with Crippen LogP contribution in [0.5, 0.6) is 5.75 Å². The highest BCUT2D eigenvalue weighted by Crippen LogP contribution is 2.26. The normalized spacial score (nSPS) is 10.3. The van der Waals surface area contributed by atoms with Crippen molar-refractivity contribution in [2.75, 3.05) is 0 Å². The van der Waals surface area contributed by atoms with Crippen LogP contribution in [0.25, 0.3) is 0 Å². The number of halogens is 1. The van der Waals surface area contributed by atoms with Crippen LogP contribution in [0.1, 0.15) is 22.3 Å². The van der Waals surface area contributed by atoms with Gasteiger partial charge in [-0.25, -0.2) is 0 Å². The van der Waals surface area contributed by atoms with Gasteiger partial charge in [0, 0.05) is 0 Å². The molecule has 20 heavy (non-hydrogen) atoms. The Morgan fingerprint density at radius 1 is 1.20 bits per heavy atom. The molecule has 0 aliphatic carbocycles. The molecule has 0 spiro atoms. The molecule has 3 N–H and O–H groups in total. The predicted octanol–water partition coefficient (Wildman–Crippen LogP) is 3.82. The first-order chi connectivity index (χ1) is 9.47. The van der Waals surface area contributed by atoms with E-state index in [9.17, 15) is 0 Å². The van der Waals surface area contributed by atoms with E-state index in [0.29, 0.717) is 22.9 Å². The molecule has 0 amide bonds. The van der Waals surface area contributed by atoms with Crippen LogP contribution in [0.15, 0.2) is 36.4 Å². The highest BCUT2D eigenvalue weighted by molar-refractivity contribution is 6.34. The van der Waals surface area contributed by atoms with Gasteiger partial charge in [0.2, 0.25) is 0 Å². The van der Waals surface area contributed by atoms with E-state index in [4.69, 9.17) is 27.5 Å². The van der Waals surface area contributed by atoms with Crippen molar-refractivity contribution in [3.8, 4) is 5.75 Å². The fraction of sp³-hybridized carbons (Fsp3) is 0.188. The minimum atomic E-state index is -0.0916. The van der Waals surface area contributed by atoms with Crippen LogP contribution in [-0.2, 0) is 6.61 Å². The molecule has 104 valence electrons. The lowest BCUT2D eigenvalue weighted by molar-refractivity contribution is 0.305. The highest BCUT2D eigenvalue weighted by Gasteiger charge is 2.11. The Bertz CT molecular complexity index is 633. The van der Waals surface area contributed by atoms with E-state index in [2.05, 4.69) is 32.0 Å². The van der Waals surface area contributed by atoms with Crippen LogP contribution in [0.2, 0.25) is 5.02 Å². The molecule has 2 rings (SSSR count). The van der Waals surface area contributed by atoms with Gasteiger partial charge in [0.15, 0.2) is 0 Å². The van der Waals surface area contributed by atoms with Gasteiger partial charge in [-0.05, 0) is 31.5 Å². The summed E-state index contributed by atoms with van der Waals surface area (Å²) in [5.41, 5.74) is 9.47. The van der Waals surface area contributed by atoms with Crippen molar-refractivity contribution in [3.05, 3.63) is 63.7 Å². The van der Waals surface area contributed by atoms with Crippen LogP contribution >= 0.6 is 11.6 Å². The number of ether oxygens (including phenoxy) is 1. The molecule has 0 aliphatic heterocycles. The first-order valence-electron chi connectivity index (χ1n) is 6.30. The number of nitrogens with one attached hydrogen (secondary N) is 1. The average Bonchev–Trinajstić information content (AvgIpc) is 2.34. The summed E-state index contributed by atoms with van der Waals surface area (Å²) in [6, 6.07) is 11.5. The number of benzene rings is 2. The summed E-state index contributed by atoms with van der Waals surface area (Å²) < 4.78 is 5.77. The van der Waals surface area contributed by atoms with Crippen LogP contribution in [-0.4, -0.2) is 5.84 Å². The van der Waals surface area contributed by atoms with Gasteiger partial charge in [-0.2, -0.15) is 0 Å². The second kappa shape index (κ2) is 5.97. The van der Waals surface area contributed by atoms with Gasteiger partial charge in [-0.15, -0.1) is 0 Å². The first kappa shape index (κ1) is 14.4. The Balaban J connectivity index is 2.23. The minimum Gasteiger partial charge on any atom is -0.488 e. The highest BCUT2D eigenvalue weighted by atomic mass is 35.5. The molecule has 0 aliphatic rings. The summed E-state index contributed by atoms with van der Waals surface area (Å²) in [5, 5.41) is 8.01. The second-order valence-electron chi connectivity index (χ2n) is 4.81. The molecule has 0 aromatic heterocycles. The summed E-state index contributed by atoms with van der Waals surface area (Å²) >= 11 is 6.06. The third-order valence-corrected chi connectivity index (χ3v) is 3.24. The number of rotatable bonds is 4. The number of nitrogens with two attached hydrogens (primary N) is 1. The van der Waals surface area contributed by atoms with Crippen LogP contribution in [0, 0.1) is 19.3 Å². The molecular formula is C16H17ClN2O. The maximum atomic E-state index is 7.58. The Morgan fingerprint density at radius 3 is 2.45 bits per heavy atom. The molecule has 0 bridgehead atoms. The van der Waals surface area contributed by atoms with Gasteiger partial charge in [0.25, 0.3) is 0 Å². The number of nitrogen functional groups attached to an aromatic ring is 1. The van der Waals surface area contributed by atoms with Gasteiger partial charge in [0.05, 0.1) is 10.6 Å². The molecule has 3 nitrogen and oxygen atoms in total. The van der Waals surface area contributed by atoms with Crippen molar-refractivity contribution in [1.29, 1.82) is 5.41 Å². The SMILES string of the molecule is Cc1cc(C)cc(COc2cccc(Cl)c2C(=N)N)c1.